The van der Waals surface area contributed by atoms with Crippen LogP contribution in [0.4, 0.5) is 0 Å². The van der Waals surface area contributed by atoms with Gasteiger partial charge in [-0.05, 0) is 18.2 Å². The van der Waals surface area contributed by atoms with E-state index < -0.39 is 0 Å². The van der Waals surface area contributed by atoms with E-state index in [1.54, 1.807) is 19.2 Å². The number of benzene rings is 2. The Balaban J connectivity index is 0.00000261. The molecule has 5 nitrogen and oxygen atoms in total. The number of hydrogen-bond acceptors (Lipinski definition) is 4. The predicted molar refractivity (Wildman–Crippen MR) is 109 cm³/mol. The molecule has 1 aliphatic heterocycles. The molecule has 0 radical (unpaired) electrons. The normalized spacial score (nSPS) is 16.4. The summed E-state index contributed by atoms with van der Waals surface area (Å²) in [5.41, 5.74) is 1.02. The molecule has 1 aliphatic rings. The molecule has 2 aromatic rings. The highest BCUT2D eigenvalue weighted by Gasteiger charge is 2.29. The molecule has 2 aromatic carbocycles. The van der Waals surface area contributed by atoms with Gasteiger partial charge in [-0.1, -0.05) is 41.9 Å². The highest BCUT2D eigenvalue weighted by molar-refractivity contribution is 6.32. The number of ether oxygens (including phenoxy) is 2. The van der Waals surface area contributed by atoms with Crippen LogP contribution in [0.2, 0.25) is 5.02 Å². The van der Waals surface area contributed by atoms with Crippen LogP contribution in [0.5, 0.6) is 11.5 Å². The van der Waals surface area contributed by atoms with Gasteiger partial charge in [-0.2, -0.15) is 0 Å². The van der Waals surface area contributed by atoms with Crippen LogP contribution in [0.3, 0.4) is 0 Å². The van der Waals surface area contributed by atoms with Crippen molar-refractivity contribution < 1.29 is 14.3 Å². The highest BCUT2D eigenvalue weighted by atomic mass is 35.5. The van der Waals surface area contributed by atoms with E-state index in [0.29, 0.717) is 36.9 Å². The molecule has 1 N–H and O–H groups in total. The summed E-state index contributed by atoms with van der Waals surface area (Å²) in [6.45, 7) is 2.44. The lowest BCUT2D eigenvalue weighted by atomic mass is 10.0. The fraction of sp³-hybridized carbons (Fsp3) is 0.350. The number of hydrogen-bond donors (Lipinski definition) is 1. The maximum atomic E-state index is 12.8. The number of nitrogens with one attached hydrogen (secondary N) is 1. The number of piperazine rings is 1. The number of rotatable bonds is 6. The summed E-state index contributed by atoms with van der Waals surface area (Å²) < 4.78 is 11.1. The third-order valence-corrected chi connectivity index (χ3v) is 4.78. The standard InChI is InChI=1S/C20H23ClN2O3.ClH/c1-25-18-8-4-2-6-15(18)17-14-22-11-12-23(17)20(24)10-13-26-19-9-5-3-7-16(19)21;/h2-9,17,22H,10-14H2,1H3;1H. The van der Waals surface area contributed by atoms with E-state index in [1.807, 2.05) is 41.3 Å². The van der Waals surface area contributed by atoms with E-state index in [4.69, 9.17) is 21.1 Å². The molecule has 146 valence electrons. The summed E-state index contributed by atoms with van der Waals surface area (Å²) in [6.07, 6.45) is 0.302. The van der Waals surface area contributed by atoms with E-state index in [0.717, 1.165) is 17.9 Å². The minimum Gasteiger partial charge on any atom is -0.496 e. The van der Waals surface area contributed by atoms with E-state index >= 15 is 0 Å². The molecule has 0 spiro atoms. The first-order valence-electron chi connectivity index (χ1n) is 8.71. The second kappa shape index (κ2) is 10.4. The summed E-state index contributed by atoms with van der Waals surface area (Å²) >= 11 is 6.08. The second-order valence-corrected chi connectivity index (χ2v) is 6.49. The molecule has 1 unspecified atom stereocenters. The third kappa shape index (κ3) is 5.28. The van der Waals surface area contributed by atoms with Crippen molar-refractivity contribution in [2.75, 3.05) is 33.4 Å². The number of para-hydroxylation sites is 2. The van der Waals surface area contributed by atoms with Gasteiger partial charge in [0.05, 0.1) is 31.2 Å². The van der Waals surface area contributed by atoms with Crippen LogP contribution in [-0.2, 0) is 4.79 Å². The van der Waals surface area contributed by atoms with Gasteiger partial charge in [0.25, 0.3) is 0 Å². The number of nitrogens with zero attached hydrogens (tertiary/aromatic N) is 1. The van der Waals surface area contributed by atoms with Crippen molar-refractivity contribution in [1.29, 1.82) is 0 Å². The van der Waals surface area contributed by atoms with E-state index in [2.05, 4.69) is 5.32 Å². The molecule has 3 rings (SSSR count). The van der Waals surface area contributed by atoms with Crippen molar-refractivity contribution in [1.82, 2.24) is 10.2 Å². The second-order valence-electron chi connectivity index (χ2n) is 6.08. The number of carbonyl (C=O) groups is 1. The maximum Gasteiger partial charge on any atom is 0.226 e. The van der Waals surface area contributed by atoms with Crippen molar-refractivity contribution >= 4 is 29.9 Å². The zero-order chi connectivity index (χ0) is 18.4. The van der Waals surface area contributed by atoms with Crippen LogP contribution in [-0.4, -0.2) is 44.2 Å². The lowest BCUT2D eigenvalue weighted by Crippen LogP contribution is -2.49. The first-order chi connectivity index (χ1) is 12.7. The summed E-state index contributed by atoms with van der Waals surface area (Å²) in [7, 11) is 1.65. The SMILES string of the molecule is COc1ccccc1C1CNCCN1C(=O)CCOc1ccccc1Cl.Cl. The molecule has 1 atom stereocenters. The van der Waals surface area contributed by atoms with Crippen molar-refractivity contribution in [3.05, 3.63) is 59.1 Å². The van der Waals surface area contributed by atoms with E-state index in [9.17, 15) is 4.79 Å². The first kappa shape index (κ1) is 21.4. The van der Waals surface area contributed by atoms with Gasteiger partial charge in [0, 0.05) is 25.2 Å². The minimum atomic E-state index is -0.0484. The van der Waals surface area contributed by atoms with Gasteiger partial charge in [0.2, 0.25) is 5.91 Å². The summed E-state index contributed by atoms with van der Waals surface area (Å²) in [5.74, 6) is 1.46. The van der Waals surface area contributed by atoms with Crippen LogP contribution in [0.1, 0.15) is 18.0 Å². The predicted octanol–water partition coefficient (Wildman–Crippen LogP) is 3.71. The Kier molecular flexibility index (Phi) is 8.23. The number of halogens is 2. The number of carbonyl (C=O) groups excluding carboxylic acids is 1. The molecule has 1 fully saturated rings. The largest absolute Gasteiger partial charge is 0.496 e. The fourth-order valence-electron chi connectivity index (χ4n) is 3.18. The molecular formula is C20H24Cl2N2O3. The zero-order valence-electron chi connectivity index (χ0n) is 15.2. The molecule has 0 bridgehead atoms. The molecule has 1 saturated heterocycles. The summed E-state index contributed by atoms with van der Waals surface area (Å²) in [4.78, 5) is 14.7. The fourth-order valence-corrected chi connectivity index (χ4v) is 3.37. The first-order valence-corrected chi connectivity index (χ1v) is 9.09. The van der Waals surface area contributed by atoms with Gasteiger partial charge >= 0.3 is 0 Å². The average Bonchev–Trinajstić information content (AvgIpc) is 2.69. The van der Waals surface area contributed by atoms with Gasteiger partial charge in [-0.25, -0.2) is 0 Å². The van der Waals surface area contributed by atoms with Gasteiger partial charge in [0.1, 0.15) is 11.5 Å². The van der Waals surface area contributed by atoms with Gasteiger partial charge in [-0.3, -0.25) is 4.79 Å². The monoisotopic (exact) mass is 410 g/mol. The molecule has 27 heavy (non-hydrogen) atoms. The van der Waals surface area contributed by atoms with Crippen LogP contribution >= 0.6 is 24.0 Å². The third-order valence-electron chi connectivity index (χ3n) is 4.47. The Morgan fingerprint density at radius 3 is 2.63 bits per heavy atom. The lowest BCUT2D eigenvalue weighted by molar-refractivity contribution is -0.135. The molecular weight excluding hydrogens is 387 g/mol. The quantitative estimate of drug-likeness (QED) is 0.788. The minimum absolute atomic E-state index is 0. The summed E-state index contributed by atoms with van der Waals surface area (Å²) in [5, 5.41) is 3.91. The summed E-state index contributed by atoms with van der Waals surface area (Å²) in [6, 6.07) is 15.1. The zero-order valence-corrected chi connectivity index (χ0v) is 16.8. The Morgan fingerprint density at radius 2 is 1.89 bits per heavy atom. The molecule has 1 amide bonds. The Bertz CT molecular complexity index is 758. The number of methoxy groups -OCH3 is 1. The molecule has 1 heterocycles. The maximum absolute atomic E-state index is 12.8. The molecule has 0 aromatic heterocycles. The Morgan fingerprint density at radius 1 is 1.19 bits per heavy atom. The Labute approximate surface area is 171 Å². The average molecular weight is 411 g/mol. The van der Waals surface area contributed by atoms with Gasteiger partial charge in [0.15, 0.2) is 0 Å². The smallest absolute Gasteiger partial charge is 0.226 e. The molecule has 0 aliphatic carbocycles. The van der Waals surface area contributed by atoms with Crippen LogP contribution in [0.25, 0.3) is 0 Å². The van der Waals surface area contributed by atoms with Crippen molar-refractivity contribution in [2.24, 2.45) is 0 Å². The van der Waals surface area contributed by atoms with Crippen molar-refractivity contribution in [3.63, 3.8) is 0 Å². The van der Waals surface area contributed by atoms with Crippen LogP contribution in [0, 0.1) is 0 Å². The topological polar surface area (TPSA) is 50.8 Å². The van der Waals surface area contributed by atoms with Crippen LogP contribution in [0.15, 0.2) is 48.5 Å². The van der Waals surface area contributed by atoms with Crippen molar-refractivity contribution in [3.8, 4) is 11.5 Å². The molecule has 0 saturated carbocycles. The van der Waals surface area contributed by atoms with E-state index in [-0.39, 0.29) is 24.4 Å². The van der Waals surface area contributed by atoms with Gasteiger partial charge < -0.3 is 19.7 Å². The number of amides is 1. The lowest BCUT2D eigenvalue weighted by Gasteiger charge is -2.37. The van der Waals surface area contributed by atoms with Crippen LogP contribution < -0.4 is 14.8 Å². The van der Waals surface area contributed by atoms with Crippen molar-refractivity contribution in [2.45, 2.75) is 12.5 Å². The van der Waals surface area contributed by atoms with E-state index in [1.165, 1.54) is 0 Å². The highest BCUT2D eigenvalue weighted by Crippen LogP contribution is 2.30. The Hall–Kier alpha value is -1.95. The molecule has 7 heteroatoms. The van der Waals surface area contributed by atoms with Gasteiger partial charge in [-0.15, -0.1) is 12.4 Å².